The number of nitrogens with zero attached hydrogens (tertiary/aromatic N) is 1. The third kappa shape index (κ3) is 13.7. The van der Waals surface area contributed by atoms with Gasteiger partial charge in [-0.15, -0.1) is 0 Å². The summed E-state index contributed by atoms with van der Waals surface area (Å²) < 4.78 is 0.760. The summed E-state index contributed by atoms with van der Waals surface area (Å²) in [5.41, 5.74) is 0. The molecule has 0 aliphatic heterocycles. The van der Waals surface area contributed by atoms with Crippen molar-refractivity contribution in [2.75, 3.05) is 27.7 Å². The van der Waals surface area contributed by atoms with Crippen LogP contribution in [0.25, 0.3) is 0 Å². The number of hydrogen-bond acceptors (Lipinski definition) is 1. The monoisotopic (exact) mass is 256 g/mol. The zero-order chi connectivity index (χ0) is 13.9. The molecule has 0 fully saturated rings. The Morgan fingerprint density at radius 3 is 1.67 bits per heavy atom. The van der Waals surface area contributed by atoms with Crippen molar-refractivity contribution in [3.05, 3.63) is 0 Å². The lowest BCUT2D eigenvalue weighted by atomic mass is 10.1. The first-order valence-corrected chi connectivity index (χ1v) is 7.78. The minimum atomic E-state index is 0.422. The van der Waals surface area contributed by atoms with Crippen LogP contribution in [0.5, 0.6) is 0 Å². The lowest BCUT2D eigenvalue weighted by molar-refractivity contribution is -0.862. The number of rotatable bonds is 12. The van der Waals surface area contributed by atoms with E-state index in [1.807, 2.05) is 0 Å². The maximum Gasteiger partial charge on any atom is 0.186 e. The molecule has 0 aliphatic carbocycles. The Bertz CT molecular complexity index is 206. The van der Waals surface area contributed by atoms with Crippen LogP contribution in [-0.2, 0) is 4.79 Å². The zero-order valence-electron chi connectivity index (χ0n) is 13.1. The van der Waals surface area contributed by atoms with Gasteiger partial charge in [-0.3, -0.25) is 4.79 Å². The smallest absolute Gasteiger partial charge is 0.186 e. The summed E-state index contributed by atoms with van der Waals surface area (Å²) in [4.78, 5) is 11.7. The molecule has 0 bridgehead atoms. The van der Waals surface area contributed by atoms with Crippen LogP contribution in [0.3, 0.4) is 0 Å². The highest BCUT2D eigenvalue weighted by atomic mass is 16.1. The summed E-state index contributed by atoms with van der Waals surface area (Å²) in [6.07, 6.45) is 12.7. The molecule has 0 aromatic heterocycles. The lowest BCUT2D eigenvalue weighted by Gasteiger charge is -2.22. The predicted octanol–water partition coefficient (Wildman–Crippen LogP) is 4.18. The van der Waals surface area contributed by atoms with E-state index in [0.717, 1.165) is 17.3 Å². The van der Waals surface area contributed by atoms with Crippen LogP contribution in [0.2, 0.25) is 0 Å². The topological polar surface area (TPSA) is 17.1 Å². The van der Waals surface area contributed by atoms with Crippen molar-refractivity contribution in [2.24, 2.45) is 0 Å². The third-order valence-corrected chi connectivity index (χ3v) is 3.21. The third-order valence-electron chi connectivity index (χ3n) is 3.21. The van der Waals surface area contributed by atoms with Gasteiger partial charge in [-0.2, -0.15) is 0 Å². The van der Waals surface area contributed by atoms with Gasteiger partial charge in [0.2, 0.25) is 0 Å². The van der Waals surface area contributed by atoms with Crippen LogP contribution in [0, 0.1) is 0 Å². The Kier molecular flexibility index (Phi) is 10.3. The van der Waals surface area contributed by atoms with Gasteiger partial charge in [0, 0.05) is 6.42 Å². The minimum Gasteiger partial charge on any atom is -0.325 e. The minimum absolute atomic E-state index is 0.422. The van der Waals surface area contributed by atoms with Crippen molar-refractivity contribution in [3.8, 4) is 0 Å². The summed E-state index contributed by atoms with van der Waals surface area (Å²) in [6.45, 7) is 2.93. The summed E-state index contributed by atoms with van der Waals surface area (Å²) >= 11 is 0. The van der Waals surface area contributed by atoms with Gasteiger partial charge in [0.25, 0.3) is 0 Å². The summed E-state index contributed by atoms with van der Waals surface area (Å²) in [7, 11) is 6.23. The molecular weight excluding hydrogens is 222 g/mol. The normalized spacial score (nSPS) is 11.8. The molecule has 18 heavy (non-hydrogen) atoms. The highest BCUT2D eigenvalue weighted by Crippen LogP contribution is 2.10. The zero-order valence-corrected chi connectivity index (χ0v) is 13.1. The van der Waals surface area contributed by atoms with Crippen molar-refractivity contribution >= 4 is 5.78 Å². The van der Waals surface area contributed by atoms with E-state index in [4.69, 9.17) is 0 Å². The molecule has 2 heteroatoms. The van der Waals surface area contributed by atoms with Crippen LogP contribution in [0.4, 0.5) is 0 Å². The van der Waals surface area contributed by atoms with Crippen molar-refractivity contribution in [1.82, 2.24) is 0 Å². The van der Waals surface area contributed by atoms with Crippen LogP contribution < -0.4 is 0 Å². The Hall–Kier alpha value is -0.370. The van der Waals surface area contributed by atoms with E-state index >= 15 is 0 Å². The fourth-order valence-electron chi connectivity index (χ4n) is 2.24. The highest BCUT2D eigenvalue weighted by molar-refractivity contribution is 5.79. The van der Waals surface area contributed by atoms with Crippen molar-refractivity contribution in [2.45, 2.75) is 71.1 Å². The molecule has 0 N–H and O–H groups in total. The van der Waals surface area contributed by atoms with E-state index in [0.29, 0.717) is 12.3 Å². The first kappa shape index (κ1) is 17.6. The van der Waals surface area contributed by atoms with Gasteiger partial charge >= 0.3 is 0 Å². The summed E-state index contributed by atoms with van der Waals surface area (Å²) in [5, 5.41) is 0. The summed E-state index contributed by atoms with van der Waals surface area (Å²) in [6, 6.07) is 0. The molecule has 0 aromatic carbocycles. The second-order valence-electron chi connectivity index (χ2n) is 6.57. The maximum atomic E-state index is 11.7. The van der Waals surface area contributed by atoms with E-state index in [1.54, 1.807) is 0 Å². The molecule has 108 valence electrons. The molecule has 2 nitrogen and oxygen atoms in total. The molecule has 0 aromatic rings. The highest BCUT2D eigenvalue weighted by Gasteiger charge is 2.13. The molecule has 0 rings (SSSR count). The number of quaternary nitrogens is 1. The Labute approximate surface area is 114 Å². The van der Waals surface area contributed by atoms with Gasteiger partial charge in [0.1, 0.15) is 6.54 Å². The van der Waals surface area contributed by atoms with Crippen LogP contribution in [0.1, 0.15) is 71.1 Å². The van der Waals surface area contributed by atoms with Gasteiger partial charge in [0.15, 0.2) is 5.78 Å². The van der Waals surface area contributed by atoms with Crippen molar-refractivity contribution < 1.29 is 9.28 Å². The first-order chi connectivity index (χ1) is 8.45. The molecule has 0 atom stereocenters. The molecule has 0 unspecified atom stereocenters. The SMILES string of the molecule is CCCCCCCCCCCC(=O)C[N+](C)(C)C. The van der Waals surface area contributed by atoms with Gasteiger partial charge in [-0.1, -0.05) is 58.3 Å². The average molecular weight is 256 g/mol. The summed E-state index contributed by atoms with van der Waals surface area (Å²) in [5.74, 6) is 0.422. The van der Waals surface area contributed by atoms with Crippen LogP contribution in [-0.4, -0.2) is 38.0 Å². The number of ketones is 1. The maximum absolute atomic E-state index is 11.7. The van der Waals surface area contributed by atoms with E-state index in [-0.39, 0.29) is 0 Å². The Morgan fingerprint density at radius 1 is 0.778 bits per heavy atom. The molecule has 0 heterocycles. The van der Waals surface area contributed by atoms with Gasteiger partial charge in [-0.05, 0) is 6.42 Å². The number of Topliss-reactive ketones (excluding diaryl/α,β-unsaturated/α-hetero) is 1. The molecule has 0 amide bonds. The second-order valence-corrected chi connectivity index (χ2v) is 6.57. The largest absolute Gasteiger partial charge is 0.325 e. The van der Waals surface area contributed by atoms with E-state index in [1.165, 1.54) is 51.4 Å². The van der Waals surface area contributed by atoms with Gasteiger partial charge in [-0.25, -0.2) is 0 Å². The van der Waals surface area contributed by atoms with Crippen molar-refractivity contribution in [1.29, 1.82) is 0 Å². The molecule has 0 spiro atoms. The van der Waals surface area contributed by atoms with Crippen molar-refractivity contribution in [3.63, 3.8) is 0 Å². The van der Waals surface area contributed by atoms with E-state index < -0.39 is 0 Å². The average Bonchev–Trinajstić information content (AvgIpc) is 2.24. The lowest BCUT2D eigenvalue weighted by Crippen LogP contribution is -2.39. The fraction of sp³-hybridized carbons (Fsp3) is 0.938. The Morgan fingerprint density at radius 2 is 1.22 bits per heavy atom. The van der Waals surface area contributed by atoms with Gasteiger partial charge < -0.3 is 4.48 Å². The number of unbranched alkanes of at least 4 members (excludes halogenated alkanes) is 8. The first-order valence-electron chi connectivity index (χ1n) is 7.78. The second kappa shape index (κ2) is 10.5. The quantitative estimate of drug-likeness (QED) is 0.378. The molecule has 0 aliphatic rings. The number of hydrogen-bond donors (Lipinski definition) is 0. The molecule has 0 saturated carbocycles. The molecule has 0 saturated heterocycles. The fourth-order valence-corrected chi connectivity index (χ4v) is 2.24. The van der Waals surface area contributed by atoms with E-state index in [9.17, 15) is 4.79 Å². The number of carbonyl (C=O) groups excluding carboxylic acids is 1. The molecule has 0 radical (unpaired) electrons. The number of carbonyl (C=O) groups is 1. The Balaban J connectivity index is 3.23. The standard InChI is InChI=1S/C16H34NO/c1-5-6-7-8-9-10-11-12-13-14-16(18)15-17(2,3)4/h5-15H2,1-4H3/q+1. The van der Waals surface area contributed by atoms with Gasteiger partial charge in [0.05, 0.1) is 21.1 Å². The van der Waals surface area contributed by atoms with Crippen LogP contribution >= 0.6 is 0 Å². The predicted molar refractivity (Wildman–Crippen MR) is 79.8 cm³/mol. The molecular formula is C16H34NO+. The van der Waals surface area contributed by atoms with Crippen LogP contribution in [0.15, 0.2) is 0 Å². The number of likely N-dealkylation sites (N-methyl/N-ethyl adjacent to an activating group) is 1. The van der Waals surface area contributed by atoms with E-state index in [2.05, 4.69) is 28.1 Å².